The fourth-order valence-corrected chi connectivity index (χ4v) is 2.51. The van der Waals surface area contributed by atoms with E-state index in [2.05, 4.69) is 15.6 Å². The van der Waals surface area contributed by atoms with Gasteiger partial charge in [0.1, 0.15) is 6.10 Å². The Kier molecular flexibility index (Phi) is 4.33. The second-order valence-corrected chi connectivity index (χ2v) is 5.21. The summed E-state index contributed by atoms with van der Waals surface area (Å²) >= 11 is 1.36. The van der Waals surface area contributed by atoms with E-state index in [0.29, 0.717) is 24.5 Å². The van der Waals surface area contributed by atoms with Gasteiger partial charge in [-0.2, -0.15) is 0 Å². The van der Waals surface area contributed by atoms with Crippen LogP contribution in [0.4, 0.5) is 9.93 Å². The Morgan fingerprint density at radius 2 is 2.37 bits per heavy atom. The van der Waals surface area contributed by atoms with Crippen LogP contribution in [-0.2, 0) is 9.53 Å². The molecular formula is C11H16N4O3S. The normalized spacial score (nSPS) is 22.2. The molecule has 2 atom stereocenters. The number of rotatable bonds is 4. The number of primary amides is 1. The molecule has 0 aliphatic carbocycles. The van der Waals surface area contributed by atoms with Gasteiger partial charge >= 0.3 is 6.03 Å². The molecule has 0 unspecified atom stereocenters. The fraction of sp³-hybridized carbons (Fsp3) is 0.545. The van der Waals surface area contributed by atoms with Crippen LogP contribution < -0.4 is 16.4 Å². The third-order valence-corrected chi connectivity index (χ3v) is 3.63. The van der Waals surface area contributed by atoms with Crippen LogP contribution in [0.25, 0.3) is 0 Å². The first-order valence-corrected chi connectivity index (χ1v) is 6.84. The van der Waals surface area contributed by atoms with Crippen LogP contribution in [0, 0.1) is 6.92 Å². The Hall–Kier alpha value is -1.67. The molecular weight excluding hydrogens is 268 g/mol. The highest BCUT2D eigenvalue weighted by molar-refractivity contribution is 7.13. The summed E-state index contributed by atoms with van der Waals surface area (Å²) in [6.45, 7) is 2.20. The van der Waals surface area contributed by atoms with Crippen molar-refractivity contribution < 1.29 is 14.3 Å². The first-order valence-electron chi connectivity index (χ1n) is 5.96. The number of nitrogens with one attached hydrogen (secondary N) is 2. The monoisotopic (exact) mass is 284 g/mol. The van der Waals surface area contributed by atoms with Crippen LogP contribution >= 0.6 is 11.3 Å². The summed E-state index contributed by atoms with van der Waals surface area (Å²) in [5.74, 6) is -0.454. The molecule has 2 rings (SSSR count). The molecule has 2 heterocycles. The number of carbonyl (C=O) groups is 2. The first-order chi connectivity index (χ1) is 9.04. The quantitative estimate of drug-likeness (QED) is 0.753. The van der Waals surface area contributed by atoms with Crippen LogP contribution in [0.15, 0.2) is 5.38 Å². The van der Waals surface area contributed by atoms with Gasteiger partial charge in [-0.3, -0.25) is 10.1 Å². The summed E-state index contributed by atoms with van der Waals surface area (Å²) in [5.41, 5.74) is 6.01. The van der Waals surface area contributed by atoms with Crippen molar-refractivity contribution in [3.05, 3.63) is 11.1 Å². The molecule has 1 saturated heterocycles. The van der Waals surface area contributed by atoms with Gasteiger partial charge in [0.25, 0.3) is 0 Å². The summed E-state index contributed by atoms with van der Waals surface area (Å²) in [4.78, 5) is 26.6. The number of hydrogen-bond donors (Lipinski definition) is 3. The van der Waals surface area contributed by atoms with Crippen molar-refractivity contribution in [3.8, 4) is 0 Å². The predicted octanol–water partition coefficient (Wildman–Crippen LogP) is 0.606. The molecule has 19 heavy (non-hydrogen) atoms. The number of hydrogen-bond acceptors (Lipinski definition) is 5. The number of nitrogens with two attached hydrogens (primary N) is 1. The SMILES string of the molecule is Cc1csc(NC(=O)NC[C@@H]2CC[C@H](C(N)=O)O2)n1. The second kappa shape index (κ2) is 5.98. The van der Waals surface area contributed by atoms with Gasteiger partial charge < -0.3 is 15.8 Å². The van der Waals surface area contributed by atoms with Crippen molar-refractivity contribution in [2.24, 2.45) is 5.73 Å². The van der Waals surface area contributed by atoms with E-state index < -0.39 is 12.0 Å². The number of carbonyl (C=O) groups excluding carboxylic acids is 2. The van der Waals surface area contributed by atoms with Crippen LogP contribution in [0.3, 0.4) is 0 Å². The summed E-state index contributed by atoms with van der Waals surface area (Å²) in [5, 5.41) is 7.72. The van der Waals surface area contributed by atoms with Gasteiger partial charge in [-0.25, -0.2) is 9.78 Å². The van der Waals surface area contributed by atoms with Crippen LogP contribution in [-0.4, -0.2) is 35.7 Å². The molecule has 0 radical (unpaired) electrons. The molecule has 1 fully saturated rings. The summed E-state index contributed by atoms with van der Waals surface area (Å²) in [6.07, 6.45) is 0.622. The minimum Gasteiger partial charge on any atom is -0.367 e. The van der Waals surface area contributed by atoms with Gasteiger partial charge in [0.2, 0.25) is 5.91 Å². The van der Waals surface area contributed by atoms with E-state index in [1.165, 1.54) is 11.3 Å². The number of thiazole rings is 1. The van der Waals surface area contributed by atoms with Crippen molar-refractivity contribution in [2.75, 3.05) is 11.9 Å². The molecule has 1 aliphatic heterocycles. The molecule has 4 N–H and O–H groups in total. The maximum atomic E-state index is 11.6. The minimum atomic E-state index is -0.531. The second-order valence-electron chi connectivity index (χ2n) is 4.36. The summed E-state index contributed by atoms with van der Waals surface area (Å²) in [6, 6.07) is -0.333. The van der Waals surface area contributed by atoms with Crippen molar-refractivity contribution in [1.29, 1.82) is 0 Å². The molecule has 3 amide bonds. The highest BCUT2D eigenvalue weighted by atomic mass is 32.1. The number of amides is 3. The average molecular weight is 284 g/mol. The molecule has 7 nitrogen and oxygen atoms in total. The number of nitrogens with zero attached hydrogens (tertiary/aromatic N) is 1. The van der Waals surface area contributed by atoms with E-state index in [4.69, 9.17) is 10.5 Å². The van der Waals surface area contributed by atoms with E-state index in [0.717, 1.165) is 5.69 Å². The van der Waals surface area contributed by atoms with E-state index in [1.807, 2.05) is 12.3 Å². The molecule has 104 valence electrons. The summed E-state index contributed by atoms with van der Waals surface area (Å²) in [7, 11) is 0. The van der Waals surface area contributed by atoms with Gasteiger partial charge in [0, 0.05) is 11.9 Å². The Morgan fingerprint density at radius 1 is 1.58 bits per heavy atom. The topological polar surface area (TPSA) is 106 Å². The van der Waals surface area contributed by atoms with E-state index in [1.54, 1.807) is 0 Å². The molecule has 0 aromatic carbocycles. The van der Waals surface area contributed by atoms with E-state index >= 15 is 0 Å². The van der Waals surface area contributed by atoms with Crippen molar-refractivity contribution in [3.63, 3.8) is 0 Å². The number of aryl methyl sites for hydroxylation is 1. The number of anilines is 1. The van der Waals surface area contributed by atoms with Crippen molar-refractivity contribution in [2.45, 2.75) is 32.0 Å². The molecule has 1 aromatic heterocycles. The molecule has 0 saturated carbocycles. The fourth-order valence-electron chi connectivity index (χ4n) is 1.82. The van der Waals surface area contributed by atoms with Crippen LogP contribution in [0.5, 0.6) is 0 Å². The maximum Gasteiger partial charge on any atom is 0.321 e. The number of urea groups is 1. The highest BCUT2D eigenvalue weighted by Gasteiger charge is 2.29. The largest absolute Gasteiger partial charge is 0.367 e. The van der Waals surface area contributed by atoms with Gasteiger partial charge in [-0.1, -0.05) is 0 Å². The van der Waals surface area contributed by atoms with Gasteiger partial charge in [-0.15, -0.1) is 11.3 Å². The molecule has 1 aliphatic rings. The molecule has 8 heteroatoms. The average Bonchev–Trinajstić information content (AvgIpc) is 2.96. The van der Waals surface area contributed by atoms with Gasteiger partial charge in [0.05, 0.1) is 11.8 Å². The standard InChI is InChI=1S/C11H16N4O3S/c1-6-5-19-11(14-6)15-10(17)13-4-7-2-3-8(18-7)9(12)16/h5,7-8H,2-4H2,1H3,(H2,12,16)(H2,13,14,15,17)/t7-,8+/m0/s1. The van der Waals surface area contributed by atoms with E-state index in [-0.39, 0.29) is 12.1 Å². The Labute approximate surface area is 114 Å². The molecule has 1 aromatic rings. The van der Waals surface area contributed by atoms with Crippen molar-refractivity contribution >= 4 is 28.4 Å². The lowest BCUT2D eigenvalue weighted by atomic mass is 10.2. The Morgan fingerprint density at radius 3 is 2.95 bits per heavy atom. The number of aromatic nitrogens is 1. The van der Waals surface area contributed by atoms with E-state index in [9.17, 15) is 9.59 Å². The highest BCUT2D eigenvalue weighted by Crippen LogP contribution is 2.19. The Balaban J connectivity index is 1.71. The van der Waals surface area contributed by atoms with Gasteiger partial charge in [0.15, 0.2) is 5.13 Å². The Bertz CT molecular complexity index is 476. The molecule has 0 bridgehead atoms. The lowest BCUT2D eigenvalue weighted by molar-refractivity contribution is -0.128. The predicted molar refractivity (Wildman–Crippen MR) is 71.0 cm³/mol. The van der Waals surface area contributed by atoms with Crippen molar-refractivity contribution in [1.82, 2.24) is 10.3 Å². The zero-order valence-electron chi connectivity index (χ0n) is 10.5. The van der Waals surface area contributed by atoms with Crippen LogP contribution in [0.1, 0.15) is 18.5 Å². The van der Waals surface area contributed by atoms with Crippen LogP contribution in [0.2, 0.25) is 0 Å². The van der Waals surface area contributed by atoms with Gasteiger partial charge in [-0.05, 0) is 19.8 Å². The third-order valence-electron chi connectivity index (χ3n) is 2.75. The zero-order chi connectivity index (χ0) is 13.8. The number of ether oxygens (including phenoxy) is 1. The molecule has 0 spiro atoms. The zero-order valence-corrected chi connectivity index (χ0v) is 11.3. The third kappa shape index (κ3) is 3.90. The maximum absolute atomic E-state index is 11.6. The lowest BCUT2D eigenvalue weighted by Crippen LogP contribution is -2.36. The smallest absolute Gasteiger partial charge is 0.321 e. The minimum absolute atomic E-state index is 0.165. The summed E-state index contributed by atoms with van der Waals surface area (Å²) < 4.78 is 5.40. The first kappa shape index (κ1) is 13.8. The lowest BCUT2D eigenvalue weighted by Gasteiger charge is -2.12.